The minimum absolute atomic E-state index is 0.324. The van der Waals surface area contributed by atoms with E-state index in [1.807, 2.05) is 12.1 Å². The Hall–Kier alpha value is -1.28. The Balaban J connectivity index is 2.28. The monoisotopic (exact) mass is 161 g/mol. The van der Waals surface area contributed by atoms with E-state index in [1.54, 1.807) is 12.1 Å². The number of rotatable bonds is 1. The molecular formula is C10H11NO. The summed E-state index contributed by atoms with van der Waals surface area (Å²) in [5, 5.41) is 12.3. The second kappa shape index (κ2) is 2.99. The van der Waals surface area contributed by atoms with Gasteiger partial charge in [-0.3, -0.25) is 0 Å². The van der Waals surface area contributed by atoms with Crippen LogP contribution in [-0.2, 0) is 0 Å². The van der Waals surface area contributed by atoms with Gasteiger partial charge in [-0.15, -0.1) is 0 Å². The van der Waals surface area contributed by atoms with Crippen molar-refractivity contribution >= 4 is 5.57 Å². The van der Waals surface area contributed by atoms with Gasteiger partial charge in [0.15, 0.2) is 0 Å². The van der Waals surface area contributed by atoms with E-state index in [-0.39, 0.29) is 0 Å². The molecule has 12 heavy (non-hydrogen) atoms. The minimum Gasteiger partial charge on any atom is -0.508 e. The Kier molecular flexibility index (Phi) is 1.84. The lowest BCUT2D eigenvalue weighted by Gasteiger charge is -2.00. The molecule has 2 heteroatoms. The first-order valence-corrected chi connectivity index (χ1v) is 4.05. The maximum absolute atomic E-state index is 9.06. The summed E-state index contributed by atoms with van der Waals surface area (Å²) in [5.41, 5.74) is 2.51. The summed E-state index contributed by atoms with van der Waals surface area (Å²) in [6, 6.07) is 7.31. The molecule has 0 fully saturated rings. The van der Waals surface area contributed by atoms with Gasteiger partial charge in [-0.1, -0.05) is 18.2 Å². The average Bonchev–Trinajstić information content (AvgIpc) is 2.58. The molecule has 0 radical (unpaired) electrons. The van der Waals surface area contributed by atoms with Gasteiger partial charge in [-0.25, -0.2) is 0 Å². The normalized spacial score (nSPS) is 16.2. The van der Waals surface area contributed by atoms with Crippen LogP contribution in [0, 0.1) is 0 Å². The van der Waals surface area contributed by atoms with Crippen LogP contribution in [0.2, 0.25) is 0 Å². The van der Waals surface area contributed by atoms with Gasteiger partial charge in [0.2, 0.25) is 0 Å². The first-order valence-electron chi connectivity index (χ1n) is 4.05. The van der Waals surface area contributed by atoms with E-state index in [4.69, 9.17) is 5.11 Å². The van der Waals surface area contributed by atoms with E-state index in [0.717, 1.165) is 13.1 Å². The Bertz CT molecular complexity index is 300. The van der Waals surface area contributed by atoms with Crippen molar-refractivity contribution in [3.63, 3.8) is 0 Å². The number of hydrogen-bond donors (Lipinski definition) is 2. The van der Waals surface area contributed by atoms with Gasteiger partial charge in [0.05, 0.1) is 0 Å². The van der Waals surface area contributed by atoms with Crippen molar-refractivity contribution in [2.24, 2.45) is 0 Å². The van der Waals surface area contributed by atoms with Gasteiger partial charge in [-0.05, 0) is 23.3 Å². The zero-order chi connectivity index (χ0) is 8.39. The van der Waals surface area contributed by atoms with Crippen molar-refractivity contribution in [3.8, 4) is 5.75 Å². The number of nitrogens with one attached hydrogen (secondary N) is 1. The Labute approximate surface area is 71.5 Å². The van der Waals surface area contributed by atoms with Gasteiger partial charge in [0.25, 0.3) is 0 Å². The van der Waals surface area contributed by atoms with Crippen LogP contribution in [-0.4, -0.2) is 18.2 Å². The standard InChI is InChI=1S/C10H11NO/c12-10-3-1-8(2-4-10)9-5-6-11-7-9/h1-5,11-12H,6-7H2. The minimum atomic E-state index is 0.324. The number of phenols is 1. The van der Waals surface area contributed by atoms with Crippen LogP contribution < -0.4 is 5.32 Å². The van der Waals surface area contributed by atoms with Crippen LogP contribution in [0.25, 0.3) is 5.57 Å². The van der Waals surface area contributed by atoms with Crippen molar-refractivity contribution in [3.05, 3.63) is 35.9 Å². The fourth-order valence-electron chi connectivity index (χ4n) is 1.37. The van der Waals surface area contributed by atoms with E-state index < -0.39 is 0 Å². The predicted molar refractivity (Wildman–Crippen MR) is 49.0 cm³/mol. The van der Waals surface area contributed by atoms with Crippen LogP contribution in [0.3, 0.4) is 0 Å². The maximum Gasteiger partial charge on any atom is 0.115 e. The Morgan fingerprint density at radius 2 is 1.92 bits per heavy atom. The SMILES string of the molecule is Oc1ccc(C2=CCNC2)cc1. The third-order valence-electron chi connectivity index (χ3n) is 2.05. The first-order chi connectivity index (χ1) is 5.86. The zero-order valence-corrected chi connectivity index (χ0v) is 6.75. The summed E-state index contributed by atoms with van der Waals surface area (Å²) in [7, 11) is 0. The third kappa shape index (κ3) is 1.34. The molecule has 1 heterocycles. The fraction of sp³-hybridized carbons (Fsp3) is 0.200. The second-order valence-electron chi connectivity index (χ2n) is 2.91. The lowest BCUT2D eigenvalue weighted by molar-refractivity contribution is 0.475. The fourth-order valence-corrected chi connectivity index (χ4v) is 1.37. The van der Waals surface area contributed by atoms with Gasteiger partial charge in [-0.2, -0.15) is 0 Å². The van der Waals surface area contributed by atoms with Crippen molar-refractivity contribution < 1.29 is 5.11 Å². The van der Waals surface area contributed by atoms with Crippen molar-refractivity contribution in [1.82, 2.24) is 5.32 Å². The molecule has 0 aromatic heterocycles. The quantitative estimate of drug-likeness (QED) is 0.652. The van der Waals surface area contributed by atoms with Crippen LogP contribution in [0.1, 0.15) is 5.56 Å². The summed E-state index contributed by atoms with van der Waals surface area (Å²) in [6.45, 7) is 1.89. The van der Waals surface area contributed by atoms with Crippen LogP contribution in [0.5, 0.6) is 5.75 Å². The number of hydrogen-bond acceptors (Lipinski definition) is 2. The molecule has 0 atom stereocenters. The summed E-state index contributed by atoms with van der Waals surface area (Å²) in [5.74, 6) is 0.324. The van der Waals surface area contributed by atoms with Crippen molar-refractivity contribution in [2.75, 3.05) is 13.1 Å². The predicted octanol–water partition coefficient (Wildman–Crippen LogP) is 1.38. The molecule has 1 aliphatic heterocycles. The van der Waals surface area contributed by atoms with Crippen molar-refractivity contribution in [2.45, 2.75) is 0 Å². The first kappa shape index (κ1) is 7.37. The van der Waals surface area contributed by atoms with Crippen LogP contribution >= 0.6 is 0 Å². The second-order valence-corrected chi connectivity index (χ2v) is 2.91. The molecule has 0 spiro atoms. The topological polar surface area (TPSA) is 32.3 Å². The van der Waals surface area contributed by atoms with E-state index in [0.29, 0.717) is 5.75 Å². The average molecular weight is 161 g/mol. The molecule has 2 nitrogen and oxygen atoms in total. The van der Waals surface area contributed by atoms with E-state index in [2.05, 4.69) is 11.4 Å². The molecule has 0 amide bonds. The molecule has 1 aliphatic rings. The lowest BCUT2D eigenvalue weighted by atomic mass is 10.1. The molecule has 2 N–H and O–H groups in total. The molecule has 0 saturated heterocycles. The van der Waals surface area contributed by atoms with Crippen molar-refractivity contribution in [1.29, 1.82) is 0 Å². The lowest BCUT2D eigenvalue weighted by Crippen LogP contribution is -2.07. The maximum atomic E-state index is 9.06. The Morgan fingerprint density at radius 1 is 1.17 bits per heavy atom. The highest BCUT2D eigenvalue weighted by atomic mass is 16.3. The summed E-state index contributed by atoms with van der Waals surface area (Å²) in [6.07, 6.45) is 2.17. The molecule has 2 rings (SSSR count). The van der Waals surface area contributed by atoms with E-state index in [9.17, 15) is 0 Å². The summed E-state index contributed by atoms with van der Waals surface area (Å²) in [4.78, 5) is 0. The number of phenolic OH excluding ortho intramolecular Hbond substituents is 1. The number of benzene rings is 1. The highest BCUT2D eigenvalue weighted by Gasteiger charge is 2.05. The molecular weight excluding hydrogens is 150 g/mol. The van der Waals surface area contributed by atoms with Gasteiger partial charge in [0, 0.05) is 13.1 Å². The van der Waals surface area contributed by atoms with Crippen LogP contribution in [0.15, 0.2) is 30.3 Å². The molecule has 0 saturated carbocycles. The molecule has 0 aliphatic carbocycles. The van der Waals surface area contributed by atoms with Gasteiger partial charge < -0.3 is 10.4 Å². The summed E-state index contributed by atoms with van der Waals surface area (Å²) < 4.78 is 0. The molecule has 1 aromatic carbocycles. The number of aromatic hydroxyl groups is 1. The van der Waals surface area contributed by atoms with Gasteiger partial charge >= 0.3 is 0 Å². The Morgan fingerprint density at radius 3 is 2.50 bits per heavy atom. The van der Waals surface area contributed by atoms with Gasteiger partial charge in [0.1, 0.15) is 5.75 Å². The van der Waals surface area contributed by atoms with E-state index >= 15 is 0 Å². The highest BCUT2D eigenvalue weighted by molar-refractivity contribution is 5.69. The molecule has 0 bridgehead atoms. The van der Waals surface area contributed by atoms with Crippen LogP contribution in [0.4, 0.5) is 0 Å². The zero-order valence-electron chi connectivity index (χ0n) is 6.75. The summed E-state index contributed by atoms with van der Waals surface area (Å²) >= 11 is 0. The van der Waals surface area contributed by atoms with E-state index in [1.165, 1.54) is 11.1 Å². The smallest absolute Gasteiger partial charge is 0.115 e. The molecule has 0 unspecified atom stereocenters. The molecule has 62 valence electrons. The molecule has 1 aromatic rings. The highest BCUT2D eigenvalue weighted by Crippen LogP contribution is 2.18. The third-order valence-corrected chi connectivity index (χ3v) is 2.05. The largest absolute Gasteiger partial charge is 0.508 e.